The van der Waals surface area contributed by atoms with E-state index in [-0.39, 0.29) is 12.0 Å². The summed E-state index contributed by atoms with van der Waals surface area (Å²) in [7, 11) is 4.25. The van der Waals surface area contributed by atoms with Gasteiger partial charge in [0.2, 0.25) is 0 Å². The Morgan fingerprint density at radius 2 is 2.16 bits per heavy atom. The minimum Gasteiger partial charge on any atom is -0.465 e. The summed E-state index contributed by atoms with van der Waals surface area (Å²) < 4.78 is 5.18. The molecule has 0 aromatic carbocycles. The van der Waals surface area contributed by atoms with Gasteiger partial charge in [-0.15, -0.1) is 0 Å². The quantitative estimate of drug-likeness (QED) is 0.674. The molecule has 2 fully saturated rings. The normalized spacial score (nSPS) is 25.8. The van der Waals surface area contributed by atoms with E-state index < -0.39 is 0 Å². The van der Waals surface area contributed by atoms with Crippen LogP contribution in [0.5, 0.6) is 0 Å². The van der Waals surface area contributed by atoms with Gasteiger partial charge in [-0.2, -0.15) is 0 Å². The van der Waals surface area contributed by atoms with Gasteiger partial charge in [-0.1, -0.05) is 0 Å². The Morgan fingerprint density at radius 3 is 2.68 bits per heavy atom. The van der Waals surface area contributed by atoms with Crippen LogP contribution in [-0.4, -0.2) is 74.2 Å². The minimum atomic E-state index is -0.159. The number of hydrogen-bond donors (Lipinski definition) is 1. The fourth-order valence-electron chi connectivity index (χ4n) is 2.63. The number of carbonyl (C=O) groups is 1. The van der Waals surface area contributed by atoms with E-state index in [1.165, 1.54) is 19.3 Å². The van der Waals surface area contributed by atoms with Crippen LogP contribution in [0.4, 0.5) is 0 Å². The molecule has 2 rings (SSSR count). The molecule has 2 aliphatic rings. The molecule has 5 heteroatoms. The van der Waals surface area contributed by atoms with Crippen molar-refractivity contribution < 1.29 is 9.53 Å². The van der Waals surface area contributed by atoms with Gasteiger partial charge in [-0.25, -0.2) is 0 Å². The van der Waals surface area contributed by atoms with E-state index in [4.69, 9.17) is 4.74 Å². The Hall–Kier alpha value is -0.650. The Bertz CT molecular complexity index is 305. The minimum absolute atomic E-state index is 0.0947. The van der Waals surface area contributed by atoms with Crippen molar-refractivity contribution in [2.24, 2.45) is 0 Å². The Kier molecular flexibility index (Phi) is 5.19. The second kappa shape index (κ2) is 6.68. The predicted octanol–water partition coefficient (Wildman–Crippen LogP) is 0.306. The molecule has 1 N–H and O–H groups in total. The largest absolute Gasteiger partial charge is 0.465 e. The van der Waals surface area contributed by atoms with Gasteiger partial charge in [-0.3, -0.25) is 9.69 Å². The highest BCUT2D eigenvalue weighted by atomic mass is 16.5. The number of likely N-dealkylation sites (tertiary alicyclic amines) is 1. The standard InChI is InChI=1S/C14H27N3O2/c1-4-19-14(18)13(15-11-5-6-11)10-17-8-7-12(9-17)16(2)3/h11-13,15H,4-10H2,1-3H3. The second-order valence-electron chi connectivity index (χ2n) is 5.91. The summed E-state index contributed by atoms with van der Waals surface area (Å²) >= 11 is 0. The van der Waals surface area contributed by atoms with Crippen LogP contribution in [0.25, 0.3) is 0 Å². The third-order valence-electron chi connectivity index (χ3n) is 4.00. The van der Waals surface area contributed by atoms with Crippen LogP contribution >= 0.6 is 0 Å². The molecule has 1 aliphatic heterocycles. The molecule has 0 bridgehead atoms. The smallest absolute Gasteiger partial charge is 0.324 e. The molecule has 0 aromatic heterocycles. The average molecular weight is 269 g/mol. The molecule has 0 radical (unpaired) electrons. The number of esters is 1. The highest BCUT2D eigenvalue weighted by Gasteiger charge is 2.33. The van der Waals surface area contributed by atoms with Crippen molar-refractivity contribution in [3.8, 4) is 0 Å². The number of nitrogens with zero attached hydrogens (tertiary/aromatic N) is 2. The first-order valence-corrected chi connectivity index (χ1v) is 7.41. The summed E-state index contributed by atoms with van der Waals surface area (Å²) in [5.74, 6) is -0.0947. The second-order valence-corrected chi connectivity index (χ2v) is 5.91. The van der Waals surface area contributed by atoms with Gasteiger partial charge in [-0.05, 0) is 46.8 Å². The molecular weight excluding hydrogens is 242 g/mol. The monoisotopic (exact) mass is 269 g/mol. The number of carbonyl (C=O) groups excluding carboxylic acids is 1. The summed E-state index contributed by atoms with van der Waals surface area (Å²) in [6.07, 6.45) is 3.57. The first kappa shape index (κ1) is 14.8. The zero-order valence-corrected chi connectivity index (χ0v) is 12.4. The van der Waals surface area contributed by atoms with Gasteiger partial charge in [0.15, 0.2) is 0 Å². The predicted molar refractivity (Wildman–Crippen MR) is 75.1 cm³/mol. The van der Waals surface area contributed by atoms with Gasteiger partial charge in [0, 0.05) is 25.2 Å². The zero-order chi connectivity index (χ0) is 13.8. The maximum atomic E-state index is 12.0. The van der Waals surface area contributed by atoms with Gasteiger partial charge in [0.05, 0.1) is 6.61 Å². The molecule has 0 aromatic rings. The lowest BCUT2D eigenvalue weighted by molar-refractivity contribution is -0.146. The third-order valence-corrected chi connectivity index (χ3v) is 4.00. The summed E-state index contributed by atoms with van der Waals surface area (Å²) in [6.45, 7) is 5.23. The molecule has 2 unspecified atom stereocenters. The Labute approximate surface area is 116 Å². The summed E-state index contributed by atoms with van der Waals surface area (Å²) in [5, 5.41) is 3.42. The highest BCUT2D eigenvalue weighted by molar-refractivity contribution is 5.76. The molecule has 2 atom stereocenters. The maximum Gasteiger partial charge on any atom is 0.324 e. The summed E-state index contributed by atoms with van der Waals surface area (Å²) in [5.41, 5.74) is 0. The molecule has 1 saturated heterocycles. The first-order valence-electron chi connectivity index (χ1n) is 7.41. The molecule has 1 aliphatic carbocycles. The van der Waals surface area contributed by atoms with Gasteiger partial charge < -0.3 is 15.0 Å². The van der Waals surface area contributed by atoms with Crippen molar-refractivity contribution >= 4 is 5.97 Å². The summed E-state index contributed by atoms with van der Waals surface area (Å²) in [4.78, 5) is 16.6. The molecule has 5 nitrogen and oxygen atoms in total. The number of hydrogen-bond acceptors (Lipinski definition) is 5. The average Bonchev–Trinajstić information content (AvgIpc) is 3.04. The van der Waals surface area contributed by atoms with E-state index in [2.05, 4.69) is 29.2 Å². The van der Waals surface area contributed by atoms with Crippen LogP contribution in [0.3, 0.4) is 0 Å². The van der Waals surface area contributed by atoms with Crippen molar-refractivity contribution in [1.82, 2.24) is 15.1 Å². The van der Waals surface area contributed by atoms with Gasteiger partial charge in [0.1, 0.15) is 6.04 Å². The topological polar surface area (TPSA) is 44.8 Å². The fourth-order valence-corrected chi connectivity index (χ4v) is 2.63. The molecule has 1 heterocycles. The van der Waals surface area contributed by atoms with Crippen molar-refractivity contribution in [2.45, 2.75) is 44.3 Å². The van der Waals surface area contributed by atoms with Gasteiger partial charge in [0.25, 0.3) is 0 Å². The summed E-state index contributed by atoms with van der Waals surface area (Å²) in [6, 6.07) is 0.985. The molecule has 0 amide bonds. The number of likely N-dealkylation sites (N-methyl/N-ethyl adjacent to an activating group) is 1. The van der Waals surface area contributed by atoms with Crippen molar-refractivity contribution in [1.29, 1.82) is 0 Å². The maximum absolute atomic E-state index is 12.0. The van der Waals surface area contributed by atoms with Gasteiger partial charge >= 0.3 is 5.97 Å². The highest BCUT2D eigenvalue weighted by Crippen LogP contribution is 2.20. The molecule has 0 spiro atoms. The number of nitrogens with one attached hydrogen (secondary N) is 1. The molecule has 1 saturated carbocycles. The van der Waals surface area contributed by atoms with Crippen molar-refractivity contribution in [2.75, 3.05) is 40.3 Å². The molecular formula is C14H27N3O2. The Morgan fingerprint density at radius 1 is 1.42 bits per heavy atom. The van der Waals surface area contributed by atoms with E-state index >= 15 is 0 Å². The lowest BCUT2D eigenvalue weighted by Crippen LogP contribution is -2.47. The SMILES string of the molecule is CCOC(=O)C(CN1CCC(N(C)C)C1)NC1CC1. The van der Waals surface area contributed by atoms with E-state index in [0.717, 1.165) is 19.6 Å². The van der Waals surface area contributed by atoms with E-state index in [1.54, 1.807) is 0 Å². The lowest BCUT2D eigenvalue weighted by atomic mass is 10.2. The van der Waals surface area contributed by atoms with Crippen molar-refractivity contribution in [3.63, 3.8) is 0 Å². The third kappa shape index (κ3) is 4.44. The van der Waals surface area contributed by atoms with E-state index in [0.29, 0.717) is 18.7 Å². The molecule has 110 valence electrons. The lowest BCUT2D eigenvalue weighted by Gasteiger charge is -2.24. The van der Waals surface area contributed by atoms with Crippen LogP contribution in [0.1, 0.15) is 26.2 Å². The zero-order valence-electron chi connectivity index (χ0n) is 12.4. The van der Waals surface area contributed by atoms with Crippen molar-refractivity contribution in [3.05, 3.63) is 0 Å². The van der Waals surface area contributed by atoms with Crippen LogP contribution in [0, 0.1) is 0 Å². The van der Waals surface area contributed by atoms with Crippen LogP contribution < -0.4 is 5.32 Å². The first-order chi connectivity index (χ1) is 9.10. The van der Waals surface area contributed by atoms with Crippen LogP contribution in [-0.2, 0) is 9.53 Å². The number of rotatable bonds is 7. The molecule has 19 heavy (non-hydrogen) atoms. The fraction of sp³-hybridized carbons (Fsp3) is 0.929. The van der Waals surface area contributed by atoms with Crippen LogP contribution in [0.2, 0.25) is 0 Å². The van der Waals surface area contributed by atoms with E-state index in [9.17, 15) is 4.79 Å². The number of ether oxygens (including phenoxy) is 1. The van der Waals surface area contributed by atoms with E-state index in [1.807, 2.05) is 6.92 Å². The van der Waals surface area contributed by atoms with Crippen LogP contribution in [0.15, 0.2) is 0 Å². The Balaban J connectivity index is 1.83.